The van der Waals surface area contributed by atoms with Crippen molar-refractivity contribution in [3.63, 3.8) is 0 Å². The van der Waals surface area contributed by atoms with Gasteiger partial charge >= 0.3 is 0 Å². The molecule has 1 aliphatic carbocycles. The van der Waals surface area contributed by atoms with Gasteiger partial charge in [0.05, 0.1) is 5.38 Å². The smallest absolute Gasteiger partial charge is 0.0578 e. The molecule has 60 valence electrons. The average Bonchev–Trinajstić information content (AvgIpc) is 2.04. The van der Waals surface area contributed by atoms with Gasteiger partial charge in [-0.25, -0.2) is 0 Å². The van der Waals surface area contributed by atoms with E-state index in [9.17, 15) is 0 Å². The summed E-state index contributed by atoms with van der Waals surface area (Å²) in [5.41, 5.74) is 0. The van der Waals surface area contributed by atoms with Crippen molar-refractivity contribution in [3.8, 4) is 0 Å². The lowest BCUT2D eigenvalue weighted by Gasteiger charge is -2.16. The van der Waals surface area contributed by atoms with Gasteiger partial charge in [-0.2, -0.15) is 0 Å². The molecule has 1 fully saturated rings. The Morgan fingerprint density at radius 2 is 1.90 bits per heavy atom. The molecule has 0 aliphatic heterocycles. The summed E-state index contributed by atoms with van der Waals surface area (Å²) in [5.74, 6) is 0. The zero-order valence-corrected chi connectivity index (χ0v) is 10.2. The molecule has 10 heavy (non-hydrogen) atoms. The van der Waals surface area contributed by atoms with E-state index in [1.165, 1.54) is 25.7 Å². The maximum atomic E-state index is 6.17. The number of halogens is 3. The maximum absolute atomic E-state index is 6.17. The zero-order valence-electron chi connectivity index (χ0n) is 5.69. The lowest BCUT2D eigenvalue weighted by Crippen LogP contribution is -2.21. The minimum atomic E-state index is 0.336. The zero-order chi connectivity index (χ0) is 7.56. The van der Waals surface area contributed by atoms with E-state index in [1.54, 1.807) is 0 Å². The molecule has 1 rings (SSSR count). The van der Waals surface area contributed by atoms with Crippen LogP contribution in [-0.4, -0.2) is 14.1 Å². The summed E-state index contributed by atoms with van der Waals surface area (Å²) in [7, 11) is 0. The Morgan fingerprint density at radius 1 is 1.30 bits per heavy atom. The topological polar surface area (TPSA) is 0 Å². The van der Waals surface area contributed by atoms with Crippen LogP contribution in [0.2, 0.25) is 0 Å². The molecule has 0 bridgehead atoms. The van der Waals surface area contributed by atoms with Crippen LogP contribution in [0.1, 0.15) is 25.7 Å². The predicted octanol–water partition coefficient (Wildman–Crippen LogP) is 3.73. The molecule has 3 unspecified atom stereocenters. The van der Waals surface area contributed by atoms with Gasteiger partial charge in [-0.1, -0.05) is 51.4 Å². The highest BCUT2D eigenvalue weighted by Crippen LogP contribution is 2.32. The quantitative estimate of drug-likeness (QED) is 0.359. The Kier molecular flexibility index (Phi) is 4.32. The summed E-state index contributed by atoms with van der Waals surface area (Å²) in [5, 5.41) is 0.336. The average molecular weight is 337 g/mol. The van der Waals surface area contributed by atoms with Gasteiger partial charge in [-0.15, -0.1) is 11.6 Å². The molecule has 1 aliphatic rings. The van der Waals surface area contributed by atoms with E-state index in [1.807, 2.05) is 0 Å². The lowest BCUT2D eigenvalue weighted by molar-refractivity contribution is 0.715. The SMILES string of the molecule is ClC1C(Br)CCCCC1I. The third-order valence-corrected chi connectivity index (χ3v) is 5.66. The summed E-state index contributed by atoms with van der Waals surface area (Å²) in [6.07, 6.45) is 5.21. The highest BCUT2D eigenvalue weighted by atomic mass is 127. The van der Waals surface area contributed by atoms with Crippen LogP contribution in [0.5, 0.6) is 0 Å². The normalized spacial score (nSPS) is 42.9. The minimum absolute atomic E-state index is 0.336. The molecule has 0 N–H and O–H groups in total. The van der Waals surface area contributed by atoms with Crippen LogP contribution in [0, 0.1) is 0 Å². The van der Waals surface area contributed by atoms with Gasteiger partial charge in [0.2, 0.25) is 0 Å². The molecule has 0 nitrogen and oxygen atoms in total. The van der Waals surface area contributed by atoms with Gasteiger partial charge in [-0.3, -0.25) is 0 Å². The highest BCUT2D eigenvalue weighted by molar-refractivity contribution is 14.1. The molecule has 1 saturated carbocycles. The molecule has 3 heteroatoms. The minimum Gasteiger partial charge on any atom is -0.121 e. The van der Waals surface area contributed by atoms with Crippen LogP contribution in [0.15, 0.2) is 0 Å². The largest absolute Gasteiger partial charge is 0.121 e. The second-order valence-corrected chi connectivity index (χ2v) is 6.04. The van der Waals surface area contributed by atoms with Crippen LogP contribution in [0.3, 0.4) is 0 Å². The number of alkyl halides is 3. The molecular formula is C7H11BrClI. The first-order valence-electron chi connectivity index (χ1n) is 3.64. The van der Waals surface area contributed by atoms with Gasteiger partial charge in [0.1, 0.15) is 0 Å². The Morgan fingerprint density at radius 3 is 2.60 bits per heavy atom. The van der Waals surface area contributed by atoms with Crippen molar-refractivity contribution < 1.29 is 0 Å². The fraction of sp³-hybridized carbons (Fsp3) is 1.00. The number of rotatable bonds is 0. The third kappa shape index (κ3) is 2.52. The van der Waals surface area contributed by atoms with Crippen molar-refractivity contribution in [1.29, 1.82) is 0 Å². The maximum Gasteiger partial charge on any atom is 0.0578 e. The lowest BCUT2D eigenvalue weighted by atomic mass is 10.2. The summed E-state index contributed by atoms with van der Waals surface area (Å²) < 4.78 is 0.658. The van der Waals surface area contributed by atoms with Crippen molar-refractivity contribution >= 4 is 50.1 Å². The molecule has 3 atom stereocenters. The van der Waals surface area contributed by atoms with E-state index in [2.05, 4.69) is 38.5 Å². The first-order valence-corrected chi connectivity index (χ1v) is 6.24. The summed E-state index contributed by atoms with van der Waals surface area (Å²) in [6, 6.07) is 0. The van der Waals surface area contributed by atoms with Gasteiger partial charge in [-0.05, 0) is 12.8 Å². The highest BCUT2D eigenvalue weighted by Gasteiger charge is 2.25. The molecule has 0 aromatic rings. The van der Waals surface area contributed by atoms with Crippen molar-refractivity contribution in [2.75, 3.05) is 0 Å². The van der Waals surface area contributed by atoms with Crippen LogP contribution >= 0.6 is 50.1 Å². The van der Waals surface area contributed by atoms with E-state index in [0.29, 0.717) is 14.1 Å². The van der Waals surface area contributed by atoms with E-state index >= 15 is 0 Å². The first-order chi connectivity index (χ1) is 4.72. The Balaban J connectivity index is 2.46. The molecule has 0 radical (unpaired) electrons. The van der Waals surface area contributed by atoms with Gasteiger partial charge in [0.15, 0.2) is 0 Å². The van der Waals surface area contributed by atoms with E-state index in [-0.39, 0.29) is 0 Å². The van der Waals surface area contributed by atoms with Gasteiger partial charge in [0, 0.05) is 8.75 Å². The van der Waals surface area contributed by atoms with E-state index < -0.39 is 0 Å². The van der Waals surface area contributed by atoms with Crippen LogP contribution in [-0.2, 0) is 0 Å². The second-order valence-electron chi connectivity index (χ2n) is 2.76. The molecule has 0 amide bonds. The van der Waals surface area contributed by atoms with Gasteiger partial charge in [0.25, 0.3) is 0 Å². The van der Waals surface area contributed by atoms with Crippen molar-refractivity contribution in [3.05, 3.63) is 0 Å². The third-order valence-electron chi connectivity index (χ3n) is 1.90. The van der Waals surface area contributed by atoms with Crippen molar-refractivity contribution in [1.82, 2.24) is 0 Å². The van der Waals surface area contributed by atoms with E-state index in [4.69, 9.17) is 11.6 Å². The summed E-state index contributed by atoms with van der Waals surface area (Å²) in [4.78, 5) is 0.540. The van der Waals surface area contributed by atoms with Crippen molar-refractivity contribution in [2.45, 2.75) is 39.8 Å². The fourth-order valence-electron chi connectivity index (χ4n) is 1.22. The van der Waals surface area contributed by atoms with Crippen LogP contribution < -0.4 is 0 Å². The standard InChI is InChI=1S/C7H11BrClI/c8-5-3-1-2-4-6(10)7(5)9/h5-7H,1-4H2. The molecule has 0 saturated heterocycles. The summed E-state index contributed by atoms with van der Waals surface area (Å²) >= 11 is 12.2. The van der Waals surface area contributed by atoms with Crippen LogP contribution in [0.25, 0.3) is 0 Å². The molecule has 0 aromatic carbocycles. The number of hydrogen-bond donors (Lipinski definition) is 0. The Labute approximate surface area is 89.4 Å². The first kappa shape index (κ1) is 9.59. The monoisotopic (exact) mass is 336 g/mol. The molecule has 0 heterocycles. The second kappa shape index (κ2) is 4.51. The molecule has 0 spiro atoms. The van der Waals surface area contributed by atoms with Crippen molar-refractivity contribution in [2.24, 2.45) is 0 Å². The van der Waals surface area contributed by atoms with E-state index in [0.717, 1.165) is 0 Å². The number of hydrogen-bond acceptors (Lipinski definition) is 0. The molecule has 0 aromatic heterocycles. The Hall–Kier alpha value is 1.50. The summed E-state index contributed by atoms with van der Waals surface area (Å²) in [6.45, 7) is 0. The Bertz CT molecular complexity index is 97.8. The van der Waals surface area contributed by atoms with Gasteiger partial charge < -0.3 is 0 Å². The molecular weight excluding hydrogens is 326 g/mol. The predicted molar refractivity (Wildman–Crippen MR) is 58.6 cm³/mol. The van der Waals surface area contributed by atoms with Crippen LogP contribution in [0.4, 0.5) is 0 Å². The fourth-order valence-corrected chi connectivity index (χ4v) is 3.68.